The van der Waals surface area contributed by atoms with Gasteiger partial charge in [0.05, 0.1) is 6.42 Å². The predicted molar refractivity (Wildman–Crippen MR) is 73.6 cm³/mol. The summed E-state index contributed by atoms with van der Waals surface area (Å²) in [6.45, 7) is 9.77. The molecule has 0 spiro atoms. The minimum atomic E-state index is -0.742. The average molecular weight is 249 g/mol. The van der Waals surface area contributed by atoms with Crippen molar-refractivity contribution in [1.29, 1.82) is 0 Å². The fraction of sp³-hybridized carbons (Fsp3) is 0.533. The van der Waals surface area contributed by atoms with Crippen LogP contribution in [-0.2, 0) is 11.3 Å². The fourth-order valence-corrected chi connectivity index (χ4v) is 1.80. The van der Waals surface area contributed by atoms with Crippen molar-refractivity contribution in [3.63, 3.8) is 0 Å². The second-order valence-corrected chi connectivity index (χ2v) is 5.72. The van der Waals surface area contributed by atoms with Crippen LogP contribution in [0.1, 0.15) is 38.3 Å². The van der Waals surface area contributed by atoms with Crippen molar-refractivity contribution in [2.75, 3.05) is 6.54 Å². The Bertz CT molecular complexity index is 390. The van der Waals surface area contributed by atoms with Crippen LogP contribution in [-0.4, -0.2) is 28.1 Å². The van der Waals surface area contributed by atoms with E-state index in [1.807, 2.05) is 0 Å². The zero-order valence-electron chi connectivity index (χ0n) is 11.7. The van der Waals surface area contributed by atoms with Gasteiger partial charge in [-0.15, -0.1) is 0 Å². The summed E-state index contributed by atoms with van der Waals surface area (Å²) in [5.41, 5.74) is 2.44. The van der Waals surface area contributed by atoms with Crippen LogP contribution >= 0.6 is 0 Å². The first kappa shape index (κ1) is 14.7. The number of aryl methyl sites for hydroxylation is 1. The molecule has 0 amide bonds. The van der Waals surface area contributed by atoms with E-state index in [9.17, 15) is 4.79 Å². The predicted octanol–water partition coefficient (Wildman–Crippen LogP) is 3.07. The van der Waals surface area contributed by atoms with E-state index in [2.05, 4.69) is 56.9 Å². The highest BCUT2D eigenvalue weighted by atomic mass is 16.4. The lowest BCUT2D eigenvalue weighted by molar-refractivity contribution is -0.137. The van der Waals surface area contributed by atoms with Gasteiger partial charge < -0.3 is 5.11 Å². The maximum absolute atomic E-state index is 10.7. The monoisotopic (exact) mass is 249 g/mol. The first-order valence-electron chi connectivity index (χ1n) is 6.31. The maximum atomic E-state index is 10.7. The van der Waals surface area contributed by atoms with Crippen LogP contribution in [0, 0.1) is 6.92 Å². The van der Waals surface area contributed by atoms with Gasteiger partial charge in [-0.25, -0.2) is 0 Å². The molecule has 1 aromatic rings. The molecule has 0 fully saturated rings. The molecule has 1 N–H and O–H groups in total. The summed E-state index contributed by atoms with van der Waals surface area (Å²) in [5, 5.41) is 8.80. The second-order valence-electron chi connectivity index (χ2n) is 5.72. The second kappa shape index (κ2) is 6.01. The Hall–Kier alpha value is -1.35. The molecule has 0 unspecified atom stereocenters. The number of carbonyl (C=O) groups is 1. The SMILES string of the molecule is Cc1ccc(CN(CCC(=O)O)C(C)(C)C)cc1. The van der Waals surface area contributed by atoms with E-state index in [4.69, 9.17) is 5.11 Å². The summed E-state index contributed by atoms with van der Waals surface area (Å²) in [4.78, 5) is 12.9. The number of hydrogen-bond donors (Lipinski definition) is 1. The van der Waals surface area contributed by atoms with Crippen molar-refractivity contribution in [2.24, 2.45) is 0 Å². The van der Waals surface area contributed by atoms with Crippen molar-refractivity contribution < 1.29 is 9.90 Å². The molecule has 1 aromatic carbocycles. The summed E-state index contributed by atoms with van der Waals surface area (Å²) in [5.74, 6) is -0.742. The molecule has 0 aliphatic heterocycles. The van der Waals surface area contributed by atoms with E-state index in [1.165, 1.54) is 11.1 Å². The van der Waals surface area contributed by atoms with Crippen LogP contribution in [0.3, 0.4) is 0 Å². The molecule has 0 heterocycles. The molecule has 3 nitrogen and oxygen atoms in total. The van der Waals surface area contributed by atoms with E-state index >= 15 is 0 Å². The zero-order chi connectivity index (χ0) is 13.8. The van der Waals surface area contributed by atoms with Crippen molar-refractivity contribution >= 4 is 5.97 Å². The first-order valence-corrected chi connectivity index (χ1v) is 6.31. The molecular formula is C15H23NO2. The molecule has 0 bridgehead atoms. The lowest BCUT2D eigenvalue weighted by Crippen LogP contribution is -2.41. The molecule has 0 radical (unpaired) electrons. The molecule has 0 atom stereocenters. The number of hydrogen-bond acceptors (Lipinski definition) is 2. The van der Waals surface area contributed by atoms with Crippen molar-refractivity contribution in [2.45, 2.75) is 46.2 Å². The Morgan fingerprint density at radius 2 is 1.78 bits per heavy atom. The van der Waals surface area contributed by atoms with Crippen LogP contribution in [0.15, 0.2) is 24.3 Å². The number of carboxylic acids is 1. The van der Waals surface area contributed by atoms with E-state index in [-0.39, 0.29) is 12.0 Å². The molecular weight excluding hydrogens is 226 g/mol. The van der Waals surface area contributed by atoms with E-state index in [0.717, 1.165) is 6.54 Å². The van der Waals surface area contributed by atoms with Crippen LogP contribution in [0.25, 0.3) is 0 Å². The molecule has 3 heteroatoms. The Balaban J connectivity index is 2.72. The summed E-state index contributed by atoms with van der Waals surface area (Å²) < 4.78 is 0. The fourth-order valence-electron chi connectivity index (χ4n) is 1.80. The van der Waals surface area contributed by atoms with Crippen LogP contribution in [0.4, 0.5) is 0 Å². The summed E-state index contributed by atoms with van der Waals surface area (Å²) in [6, 6.07) is 8.39. The minimum absolute atomic E-state index is 0.0274. The lowest BCUT2D eigenvalue weighted by atomic mass is 10.0. The van der Waals surface area contributed by atoms with Gasteiger partial charge >= 0.3 is 5.97 Å². The Labute approximate surface area is 109 Å². The number of rotatable bonds is 5. The van der Waals surface area contributed by atoms with E-state index < -0.39 is 5.97 Å². The Morgan fingerprint density at radius 3 is 2.22 bits per heavy atom. The molecule has 0 saturated heterocycles. The van der Waals surface area contributed by atoms with Gasteiger partial charge in [0.2, 0.25) is 0 Å². The smallest absolute Gasteiger partial charge is 0.304 e. The summed E-state index contributed by atoms with van der Waals surface area (Å²) in [7, 11) is 0. The summed E-state index contributed by atoms with van der Waals surface area (Å²) >= 11 is 0. The number of carboxylic acid groups (broad SMARTS) is 1. The third-order valence-electron chi connectivity index (χ3n) is 3.04. The number of aliphatic carboxylic acids is 1. The first-order chi connectivity index (χ1) is 8.29. The van der Waals surface area contributed by atoms with Crippen LogP contribution in [0.5, 0.6) is 0 Å². The topological polar surface area (TPSA) is 40.5 Å². The number of nitrogens with zero attached hydrogens (tertiary/aromatic N) is 1. The molecule has 0 aromatic heterocycles. The quantitative estimate of drug-likeness (QED) is 0.872. The third kappa shape index (κ3) is 4.88. The molecule has 18 heavy (non-hydrogen) atoms. The van der Waals surface area contributed by atoms with Gasteiger partial charge in [0.25, 0.3) is 0 Å². The van der Waals surface area contributed by atoms with Crippen molar-refractivity contribution in [1.82, 2.24) is 4.90 Å². The van der Waals surface area contributed by atoms with Crippen LogP contribution in [0.2, 0.25) is 0 Å². The maximum Gasteiger partial charge on any atom is 0.304 e. The van der Waals surface area contributed by atoms with Crippen molar-refractivity contribution in [3.8, 4) is 0 Å². The lowest BCUT2D eigenvalue weighted by Gasteiger charge is -2.35. The molecule has 0 aliphatic rings. The zero-order valence-corrected chi connectivity index (χ0v) is 11.7. The normalized spacial score (nSPS) is 11.8. The van der Waals surface area contributed by atoms with Gasteiger partial charge in [0, 0.05) is 18.6 Å². The minimum Gasteiger partial charge on any atom is -0.481 e. The van der Waals surface area contributed by atoms with Gasteiger partial charge in [-0.2, -0.15) is 0 Å². The molecule has 0 saturated carbocycles. The highest BCUT2D eigenvalue weighted by Gasteiger charge is 2.21. The number of benzene rings is 1. The Kier molecular flexibility index (Phi) is 4.91. The molecule has 0 aliphatic carbocycles. The van der Waals surface area contributed by atoms with Gasteiger partial charge in [0.1, 0.15) is 0 Å². The molecule has 100 valence electrons. The van der Waals surface area contributed by atoms with Gasteiger partial charge in [-0.3, -0.25) is 9.69 Å². The van der Waals surface area contributed by atoms with E-state index in [1.54, 1.807) is 0 Å². The standard InChI is InChI=1S/C15H23NO2/c1-12-5-7-13(8-6-12)11-16(15(2,3)4)10-9-14(17)18/h5-8H,9-11H2,1-4H3,(H,17,18). The van der Waals surface area contributed by atoms with Gasteiger partial charge in [-0.05, 0) is 33.3 Å². The van der Waals surface area contributed by atoms with Gasteiger partial charge in [0.15, 0.2) is 0 Å². The highest BCUT2D eigenvalue weighted by Crippen LogP contribution is 2.18. The average Bonchev–Trinajstić information content (AvgIpc) is 2.24. The highest BCUT2D eigenvalue weighted by molar-refractivity contribution is 5.66. The van der Waals surface area contributed by atoms with E-state index in [0.29, 0.717) is 6.54 Å². The largest absolute Gasteiger partial charge is 0.481 e. The molecule has 1 rings (SSSR count). The Morgan fingerprint density at radius 1 is 1.22 bits per heavy atom. The van der Waals surface area contributed by atoms with Crippen molar-refractivity contribution in [3.05, 3.63) is 35.4 Å². The summed E-state index contributed by atoms with van der Waals surface area (Å²) in [6.07, 6.45) is 0.184. The van der Waals surface area contributed by atoms with Crippen LogP contribution < -0.4 is 0 Å². The van der Waals surface area contributed by atoms with Gasteiger partial charge in [-0.1, -0.05) is 29.8 Å². The third-order valence-corrected chi connectivity index (χ3v) is 3.04.